The van der Waals surface area contributed by atoms with Gasteiger partial charge in [-0.05, 0) is 29.8 Å². The van der Waals surface area contributed by atoms with Crippen molar-refractivity contribution in [3.8, 4) is 0 Å². The zero-order chi connectivity index (χ0) is 15.2. The summed E-state index contributed by atoms with van der Waals surface area (Å²) in [6.07, 6.45) is 2.01. The Bertz CT molecular complexity index is 633. The Morgan fingerprint density at radius 2 is 1.62 bits per heavy atom. The van der Waals surface area contributed by atoms with Crippen LogP contribution in [-0.2, 0) is 15.6 Å². The molecule has 3 nitrogen and oxygen atoms in total. The van der Waals surface area contributed by atoms with Gasteiger partial charge in [0.05, 0.1) is 23.6 Å². The van der Waals surface area contributed by atoms with Crippen LogP contribution in [0.2, 0.25) is 0 Å². The van der Waals surface area contributed by atoms with Gasteiger partial charge in [0.15, 0.2) is 4.90 Å². The van der Waals surface area contributed by atoms with Crippen molar-refractivity contribution in [3.63, 3.8) is 0 Å². The summed E-state index contributed by atoms with van der Waals surface area (Å²) in [4.78, 5) is 12.5. The number of carbonyl (C=O) groups is 1. The average molecular weight is 300 g/mol. The number of methoxy groups -OCH3 is 1. The van der Waals surface area contributed by atoms with Crippen LogP contribution in [-0.4, -0.2) is 19.3 Å². The lowest BCUT2D eigenvalue weighted by atomic mass is 10.1. The second-order valence-corrected chi connectivity index (χ2v) is 6.24. The molecule has 0 heterocycles. The molecule has 2 aromatic rings. The van der Waals surface area contributed by atoms with Crippen molar-refractivity contribution in [1.29, 1.82) is 0 Å². The smallest absolute Gasteiger partial charge is 0.337 e. The highest BCUT2D eigenvalue weighted by Gasteiger charge is 2.11. The molecule has 4 heteroatoms. The standard InChI is InChI=1S/C17H16O3S/c1-20-17(19)14-10-8-13(9-11-14)16(18)12-21(2)15-6-4-3-5-7-15/h3-12H,1-2H3/b16-12-. The highest BCUT2D eigenvalue weighted by molar-refractivity contribution is 7.99. The van der Waals surface area contributed by atoms with Gasteiger partial charge in [-0.3, -0.25) is 0 Å². The van der Waals surface area contributed by atoms with Crippen LogP contribution in [0.4, 0.5) is 0 Å². The number of rotatable bonds is 4. The maximum absolute atomic E-state index is 12.2. The summed E-state index contributed by atoms with van der Waals surface area (Å²) in [5, 5.41) is 13.9. The van der Waals surface area contributed by atoms with E-state index in [0.717, 1.165) is 4.90 Å². The van der Waals surface area contributed by atoms with Crippen molar-refractivity contribution in [3.05, 3.63) is 71.1 Å². The first-order chi connectivity index (χ1) is 10.1. The van der Waals surface area contributed by atoms with Crippen LogP contribution >= 0.6 is 0 Å². The molecule has 0 aliphatic heterocycles. The number of carbonyl (C=O) groups excluding carboxylic acids is 1. The van der Waals surface area contributed by atoms with Crippen LogP contribution in [0.5, 0.6) is 0 Å². The first-order valence-corrected chi connectivity index (χ1v) is 8.09. The Balaban J connectivity index is 2.17. The van der Waals surface area contributed by atoms with Gasteiger partial charge in [0.2, 0.25) is 0 Å². The molecule has 2 rings (SSSR count). The van der Waals surface area contributed by atoms with E-state index in [0.29, 0.717) is 11.1 Å². The Morgan fingerprint density at radius 3 is 2.19 bits per heavy atom. The molecule has 21 heavy (non-hydrogen) atoms. The van der Waals surface area contributed by atoms with Crippen LogP contribution in [0.15, 0.2) is 64.9 Å². The van der Waals surface area contributed by atoms with E-state index >= 15 is 0 Å². The van der Waals surface area contributed by atoms with E-state index in [-0.39, 0.29) is 16.7 Å². The molecule has 0 saturated heterocycles. The van der Waals surface area contributed by atoms with Crippen molar-refractivity contribution < 1.29 is 14.6 Å². The normalized spacial score (nSPS) is 12.8. The van der Waals surface area contributed by atoms with Crippen molar-refractivity contribution in [1.82, 2.24) is 0 Å². The Morgan fingerprint density at radius 1 is 1.05 bits per heavy atom. The maximum atomic E-state index is 12.2. The number of esters is 1. The zero-order valence-corrected chi connectivity index (χ0v) is 12.7. The van der Waals surface area contributed by atoms with E-state index in [2.05, 4.69) is 4.74 Å². The van der Waals surface area contributed by atoms with Crippen molar-refractivity contribution in [2.24, 2.45) is 0 Å². The molecule has 0 bridgehead atoms. The first-order valence-electron chi connectivity index (χ1n) is 6.39. The zero-order valence-electron chi connectivity index (χ0n) is 11.9. The topological polar surface area (TPSA) is 49.4 Å². The summed E-state index contributed by atoms with van der Waals surface area (Å²) in [6.45, 7) is 0. The van der Waals surface area contributed by atoms with E-state index in [9.17, 15) is 9.90 Å². The van der Waals surface area contributed by atoms with Crippen LogP contribution in [0.1, 0.15) is 15.9 Å². The molecule has 1 atom stereocenters. The Kier molecular flexibility index (Phi) is 5.06. The molecule has 0 aromatic heterocycles. The minimum atomic E-state index is -0.405. The molecule has 0 aliphatic carbocycles. The van der Waals surface area contributed by atoms with E-state index < -0.39 is 5.97 Å². The Hall–Kier alpha value is -2.20. The number of hydrogen-bond acceptors (Lipinski definition) is 3. The second kappa shape index (κ2) is 6.99. The van der Waals surface area contributed by atoms with Gasteiger partial charge in [-0.15, -0.1) is 0 Å². The van der Waals surface area contributed by atoms with Gasteiger partial charge < -0.3 is 9.84 Å². The van der Waals surface area contributed by atoms with Gasteiger partial charge in [0, 0.05) is 0 Å². The molecular formula is C17H16O3S. The van der Waals surface area contributed by atoms with E-state index in [1.165, 1.54) is 7.11 Å². The van der Waals surface area contributed by atoms with Crippen molar-refractivity contribution in [2.75, 3.05) is 13.4 Å². The van der Waals surface area contributed by atoms with E-state index in [1.54, 1.807) is 29.7 Å². The molecule has 0 radical (unpaired) electrons. The molecule has 0 spiro atoms. The summed E-state index contributed by atoms with van der Waals surface area (Å²) in [5.74, 6) is -0.446. The van der Waals surface area contributed by atoms with Crippen LogP contribution in [0, 0.1) is 0 Å². The van der Waals surface area contributed by atoms with Gasteiger partial charge >= 0.3 is 5.97 Å². The average Bonchev–Trinajstić information content (AvgIpc) is 2.55. The molecule has 0 fully saturated rings. The van der Waals surface area contributed by atoms with Crippen LogP contribution in [0.3, 0.4) is 0 Å². The molecular weight excluding hydrogens is 284 g/mol. The van der Waals surface area contributed by atoms with E-state index in [1.807, 2.05) is 36.6 Å². The highest BCUT2D eigenvalue weighted by atomic mass is 32.2. The lowest BCUT2D eigenvalue weighted by Gasteiger charge is -2.11. The largest absolute Gasteiger partial charge is 0.869 e. The lowest BCUT2D eigenvalue weighted by Crippen LogP contribution is -2.07. The minimum absolute atomic E-state index is 0.0406. The molecule has 0 saturated carbocycles. The van der Waals surface area contributed by atoms with Crippen molar-refractivity contribution in [2.45, 2.75) is 4.90 Å². The van der Waals surface area contributed by atoms with Gasteiger partial charge in [-0.1, -0.05) is 36.1 Å². The molecule has 0 aliphatic rings. The van der Waals surface area contributed by atoms with Gasteiger partial charge in [-0.25, -0.2) is 4.79 Å². The fourth-order valence-corrected chi connectivity index (χ4v) is 3.00. The van der Waals surface area contributed by atoms with Gasteiger partial charge in [-0.2, -0.15) is 0 Å². The number of ether oxygens (including phenoxy) is 1. The summed E-state index contributed by atoms with van der Waals surface area (Å²) in [6, 6.07) is 16.4. The minimum Gasteiger partial charge on any atom is -0.869 e. The van der Waals surface area contributed by atoms with Crippen LogP contribution < -0.4 is 5.11 Å². The third-order valence-corrected chi connectivity index (χ3v) is 4.57. The fraction of sp³-hybridized carbons (Fsp3) is 0.118. The molecule has 1 unspecified atom stereocenters. The molecule has 108 valence electrons. The summed E-state index contributed by atoms with van der Waals surface area (Å²) in [7, 11) is 1.09. The second-order valence-electron chi connectivity index (χ2n) is 4.42. The molecule has 0 N–H and O–H groups in total. The molecule has 0 amide bonds. The lowest BCUT2D eigenvalue weighted by molar-refractivity contribution is -0.243. The maximum Gasteiger partial charge on any atom is 0.337 e. The summed E-state index contributed by atoms with van der Waals surface area (Å²) >= 11 is 0. The van der Waals surface area contributed by atoms with Gasteiger partial charge in [0.1, 0.15) is 11.7 Å². The fourth-order valence-electron chi connectivity index (χ4n) is 1.82. The monoisotopic (exact) mass is 300 g/mol. The third kappa shape index (κ3) is 3.89. The number of hydrogen-bond donors (Lipinski definition) is 0. The SMILES string of the molecule is COC(=O)c1ccc(/C([O-])=C/[S+](C)c2ccccc2)cc1. The van der Waals surface area contributed by atoms with Crippen LogP contribution in [0.25, 0.3) is 5.76 Å². The quantitative estimate of drug-likeness (QED) is 0.495. The highest BCUT2D eigenvalue weighted by Crippen LogP contribution is 2.17. The van der Waals surface area contributed by atoms with Gasteiger partial charge in [0.25, 0.3) is 0 Å². The van der Waals surface area contributed by atoms with Crippen molar-refractivity contribution >= 4 is 22.6 Å². The Labute approximate surface area is 127 Å². The molecule has 2 aromatic carbocycles. The van der Waals surface area contributed by atoms with E-state index in [4.69, 9.17) is 0 Å². The summed E-state index contributed by atoms with van der Waals surface area (Å²) < 4.78 is 4.63. The number of benzene rings is 2. The summed E-state index contributed by atoms with van der Waals surface area (Å²) in [5.41, 5.74) is 1.01. The third-order valence-electron chi connectivity index (χ3n) is 2.99. The predicted molar refractivity (Wildman–Crippen MR) is 83.8 cm³/mol. The predicted octanol–water partition coefficient (Wildman–Crippen LogP) is 2.44. The first kappa shape index (κ1) is 15.2.